The molecule has 1 aromatic heterocycles. The van der Waals surface area contributed by atoms with Crippen LogP contribution in [0, 0.1) is 0 Å². The predicted octanol–water partition coefficient (Wildman–Crippen LogP) is 5.73. The summed E-state index contributed by atoms with van der Waals surface area (Å²) in [6.45, 7) is 2.37. The first-order chi connectivity index (χ1) is 13.6. The third-order valence-corrected chi connectivity index (χ3v) is 5.24. The second-order valence-corrected chi connectivity index (χ2v) is 7.37. The molecule has 2 aromatic carbocycles. The van der Waals surface area contributed by atoms with Gasteiger partial charge >= 0.3 is 0 Å². The molecule has 0 fully saturated rings. The summed E-state index contributed by atoms with van der Waals surface area (Å²) >= 11 is 13.7. The van der Waals surface area contributed by atoms with Crippen molar-refractivity contribution in [1.29, 1.82) is 0 Å². The van der Waals surface area contributed by atoms with E-state index in [0.717, 1.165) is 5.56 Å². The van der Waals surface area contributed by atoms with E-state index in [4.69, 9.17) is 27.9 Å². The lowest BCUT2D eigenvalue weighted by Crippen LogP contribution is -2.16. The summed E-state index contributed by atoms with van der Waals surface area (Å²) in [6, 6.07) is 14.7. The summed E-state index contributed by atoms with van der Waals surface area (Å²) in [4.78, 5) is 21.2. The van der Waals surface area contributed by atoms with Crippen LogP contribution in [0.1, 0.15) is 23.0 Å². The number of carbonyl (C=O) groups is 1. The van der Waals surface area contributed by atoms with Gasteiger partial charge in [-0.1, -0.05) is 65.3 Å². The number of hydrogen-bond acceptors (Lipinski definition) is 5. The largest absolute Gasteiger partial charge is 0.492 e. The minimum absolute atomic E-state index is 0.102. The molecule has 0 aliphatic rings. The van der Waals surface area contributed by atoms with Crippen LogP contribution < -0.4 is 10.1 Å². The minimum atomic E-state index is -0.431. The Morgan fingerprint density at radius 2 is 1.86 bits per heavy atom. The van der Waals surface area contributed by atoms with Crippen LogP contribution in [0.3, 0.4) is 0 Å². The quantitative estimate of drug-likeness (QED) is 0.380. The molecular formula is C20H17Cl2N3O2S. The van der Waals surface area contributed by atoms with Crippen molar-refractivity contribution < 1.29 is 9.53 Å². The summed E-state index contributed by atoms with van der Waals surface area (Å²) in [5.41, 5.74) is 1.61. The zero-order valence-electron chi connectivity index (χ0n) is 15.0. The van der Waals surface area contributed by atoms with Gasteiger partial charge in [-0.15, -0.1) is 0 Å². The topological polar surface area (TPSA) is 64.1 Å². The fourth-order valence-electron chi connectivity index (χ4n) is 2.37. The number of nitrogens with one attached hydrogen (secondary N) is 1. The van der Waals surface area contributed by atoms with E-state index in [1.807, 2.05) is 43.3 Å². The Bertz CT molecular complexity index is 985. The lowest BCUT2D eigenvalue weighted by molar-refractivity contribution is 0.102. The molecule has 1 N–H and O–H groups in total. The first-order valence-corrected chi connectivity index (χ1v) is 10.2. The van der Waals surface area contributed by atoms with Gasteiger partial charge in [0.25, 0.3) is 5.91 Å². The van der Waals surface area contributed by atoms with Gasteiger partial charge < -0.3 is 10.1 Å². The number of rotatable bonds is 7. The molecule has 28 heavy (non-hydrogen) atoms. The highest BCUT2D eigenvalue weighted by molar-refractivity contribution is 7.98. The normalized spacial score (nSPS) is 10.5. The number of benzene rings is 2. The molecule has 1 heterocycles. The standard InChI is InChI=1S/C20H17Cl2N3O2S/c1-2-27-17-10-6-5-9-16(17)24-19(26)18-15(22)11-23-20(25-18)28-12-13-7-3-4-8-14(13)21/h3-11H,2,12H2,1H3,(H,24,26). The predicted molar refractivity (Wildman–Crippen MR) is 114 cm³/mol. The Balaban J connectivity index is 1.76. The molecule has 8 heteroatoms. The number of thioether (sulfide) groups is 1. The Morgan fingerprint density at radius 1 is 1.11 bits per heavy atom. The summed E-state index contributed by atoms with van der Waals surface area (Å²) in [5.74, 6) is 0.728. The van der Waals surface area contributed by atoms with Crippen LogP contribution in [0.15, 0.2) is 59.9 Å². The van der Waals surface area contributed by atoms with Gasteiger partial charge in [0.2, 0.25) is 0 Å². The molecule has 3 rings (SSSR count). The van der Waals surface area contributed by atoms with Gasteiger partial charge in [0.05, 0.1) is 23.5 Å². The van der Waals surface area contributed by atoms with Gasteiger partial charge in [0.15, 0.2) is 10.9 Å². The van der Waals surface area contributed by atoms with Crippen molar-refractivity contribution in [2.24, 2.45) is 0 Å². The molecule has 0 aliphatic heterocycles. The van der Waals surface area contributed by atoms with Gasteiger partial charge in [0, 0.05) is 10.8 Å². The third-order valence-electron chi connectivity index (χ3n) is 3.69. The van der Waals surface area contributed by atoms with Crippen molar-refractivity contribution >= 4 is 46.6 Å². The molecule has 0 saturated heterocycles. The second kappa shape index (κ2) is 9.78. The number of para-hydroxylation sites is 2. The maximum atomic E-state index is 12.7. The first-order valence-electron chi connectivity index (χ1n) is 8.50. The van der Waals surface area contributed by atoms with E-state index in [-0.39, 0.29) is 10.7 Å². The summed E-state index contributed by atoms with van der Waals surface area (Å²) < 4.78 is 5.53. The molecule has 1 amide bonds. The van der Waals surface area contributed by atoms with Crippen LogP contribution in [0.5, 0.6) is 5.75 Å². The van der Waals surface area contributed by atoms with Gasteiger partial charge in [-0.25, -0.2) is 9.97 Å². The van der Waals surface area contributed by atoms with Gasteiger partial charge in [-0.05, 0) is 30.7 Å². The monoisotopic (exact) mass is 433 g/mol. The van der Waals surface area contributed by atoms with Crippen LogP contribution >= 0.6 is 35.0 Å². The van der Waals surface area contributed by atoms with Crippen LogP contribution in [0.4, 0.5) is 5.69 Å². The van der Waals surface area contributed by atoms with Crippen molar-refractivity contribution in [3.8, 4) is 5.75 Å². The van der Waals surface area contributed by atoms with E-state index in [0.29, 0.717) is 34.0 Å². The van der Waals surface area contributed by atoms with E-state index in [2.05, 4.69) is 15.3 Å². The number of aromatic nitrogens is 2. The lowest BCUT2D eigenvalue weighted by atomic mass is 10.2. The van der Waals surface area contributed by atoms with Crippen molar-refractivity contribution in [1.82, 2.24) is 9.97 Å². The summed E-state index contributed by atoms with van der Waals surface area (Å²) in [5, 5.41) is 4.08. The van der Waals surface area contributed by atoms with Crippen molar-refractivity contribution in [2.45, 2.75) is 17.8 Å². The molecule has 0 spiro atoms. The average Bonchev–Trinajstić information content (AvgIpc) is 2.70. The Kier molecular flexibility index (Phi) is 7.14. The fourth-order valence-corrected chi connectivity index (χ4v) is 3.65. The van der Waals surface area contributed by atoms with Crippen molar-refractivity contribution in [3.05, 3.63) is 76.0 Å². The van der Waals surface area contributed by atoms with Crippen LogP contribution in [0.25, 0.3) is 0 Å². The van der Waals surface area contributed by atoms with Crippen molar-refractivity contribution in [3.63, 3.8) is 0 Å². The first kappa shape index (κ1) is 20.5. The summed E-state index contributed by atoms with van der Waals surface area (Å²) in [6.07, 6.45) is 1.42. The van der Waals surface area contributed by atoms with E-state index >= 15 is 0 Å². The van der Waals surface area contributed by atoms with Crippen LogP contribution in [-0.2, 0) is 5.75 Å². The Hall–Kier alpha value is -2.28. The SMILES string of the molecule is CCOc1ccccc1NC(=O)c1nc(SCc2ccccc2Cl)ncc1Cl. The molecule has 5 nitrogen and oxygen atoms in total. The lowest BCUT2D eigenvalue weighted by Gasteiger charge is -2.12. The molecule has 3 aromatic rings. The van der Waals surface area contributed by atoms with Crippen LogP contribution in [-0.4, -0.2) is 22.5 Å². The molecule has 144 valence electrons. The van der Waals surface area contributed by atoms with Gasteiger partial charge in [-0.2, -0.15) is 0 Å². The van der Waals surface area contributed by atoms with E-state index in [9.17, 15) is 4.79 Å². The number of nitrogens with zero attached hydrogens (tertiary/aromatic N) is 2. The third kappa shape index (κ3) is 5.16. The number of hydrogen-bond donors (Lipinski definition) is 1. The smallest absolute Gasteiger partial charge is 0.276 e. The van der Waals surface area contributed by atoms with E-state index in [1.54, 1.807) is 12.1 Å². The number of carbonyl (C=O) groups excluding carboxylic acids is 1. The molecule has 0 bridgehead atoms. The molecule has 0 radical (unpaired) electrons. The summed E-state index contributed by atoms with van der Waals surface area (Å²) in [7, 11) is 0. The molecule has 0 atom stereocenters. The van der Waals surface area contributed by atoms with Crippen molar-refractivity contribution in [2.75, 3.05) is 11.9 Å². The highest BCUT2D eigenvalue weighted by atomic mass is 35.5. The zero-order chi connectivity index (χ0) is 19.9. The molecule has 0 saturated carbocycles. The molecule has 0 aliphatic carbocycles. The maximum absolute atomic E-state index is 12.7. The van der Waals surface area contributed by atoms with E-state index < -0.39 is 5.91 Å². The number of ether oxygens (including phenoxy) is 1. The number of halogens is 2. The van der Waals surface area contributed by atoms with E-state index in [1.165, 1.54) is 18.0 Å². The Morgan fingerprint density at radius 3 is 2.64 bits per heavy atom. The minimum Gasteiger partial charge on any atom is -0.492 e. The number of amides is 1. The van der Waals surface area contributed by atoms with Crippen LogP contribution in [0.2, 0.25) is 10.0 Å². The number of anilines is 1. The van der Waals surface area contributed by atoms with Gasteiger partial charge in [-0.3, -0.25) is 4.79 Å². The zero-order valence-corrected chi connectivity index (χ0v) is 17.3. The molecule has 0 unspecified atom stereocenters. The maximum Gasteiger partial charge on any atom is 0.276 e. The van der Waals surface area contributed by atoms with Gasteiger partial charge in [0.1, 0.15) is 5.75 Å². The fraction of sp³-hybridized carbons (Fsp3) is 0.150. The molecular weight excluding hydrogens is 417 g/mol. The highest BCUT2D eigenvalue weighted by Gasteiger charge is 2.16. The second-order valence-electron chi connectivity index (χ2n) is 5.61. The highest BCUT2D eigenvalue weighted by Crippen LogP contribution is 2.27. The Labute approximate surface area is 177 Å². The average molecular weight is 434 g/mol.